The van der Waals surface area contributed by atoms with E-state index in [4.69, 9.17) is 26.2 Å². The van der Waals surface area contributed by atoms with Crippen LogP contribution in [0.15, 0.2) is 48.5 Å². The molecule has 1 N–H and O–H groups in total. The van der Waals surface area contributed by atoms with Crippen LogP contribution in [0.1, 0.15) is 12.5 Å². The number of nitrogens with zero attached hydrogens (tertiary/aromatic N) is 2. The van der Waals surface area contributed by atoms with Crippen molar-refractivity contribution in [2.75, 3.05) is 26.2 Å². The molecule has 3 rings (SSSR count). The minimum atomic E-state index is -5.08. The number of carbonyl (C=O) groups is 2. The number of piperazine rings is 1. The Balaban J connectivity index is 0.000000479. The maximum absolute atomic E-state index is 13.0. The minimum Gasteiger partial charge on any atom is -0.484 e. The summed E-state index contributed by atoms with van der Waals surface area (Å²) in [6.45, 7) is 4.98. The zero-order valence-corrected chi connectivity index (χ0v) is 18.4. The number of amides is 1. The first kappa shape index (κ1) is 26.4. The fourth-order valence-corrected chi connectivity index (χ4v) is 3.17. The highest BCUT2D eigenvalue weighted by molar-refractivity contribution is 6.30. The number of carbonyl (C=O) groups excluding carboxylic acids is 1. The monoisotopic (exact) mass is 490 g/mol. The lowest BCUT2D eigenvalue weighted by Crippen LogP contribution is -2.54. The molecule has 33 heavy (non-hydrogen) atoms. The number of carboxylic acids is 1. The van der Waals surface area contributed by atoms with Crippen LogP contribution in [0.2, 0.25) is 5.02 Å². The van der Waals surface area contributed by atoms with Gasteiger partial charge >= 0.3 is 12.1 Å². The average molecular weight is 491 g/mol. The summed E-state index contributed by atoms with van der Waals surface area (Å²) in [6, 6.07) is 13.8. The first-order valence-corrected chi connectivity index (χ1v) is 10.3. The van der Waals surface area contributed by atoms with Crippen LogP contribution in [0.4, 0.5) is 17.6 Å². The van der Waals surface area contributed by atoms with Gasteiger partial charge in [0.25, 0.3) is 5.91 Å². The van der Waals surface area contributed by atoms with E-state index in [2.05, 4.69) is 11.8 Å². The zero-order chi connectivity index (χ0) is 24.6. The minimum absolute atomic E-state index is 0.0202. The van der Waals surface area contributed by atoms with Crippen LogP contribution in [0, 0.1) is 5.82 Å². The van der Waals surface area contributed by atoms with Gasteiger partial charge in [-0.1, -0.05) is 23.7 Å². The van der Waals surface area contributed by atoms with Crippen molar-refractivity contribution in [2.24, 2.45) is 0 Å². The third-order valence-electron chi connectivity index (χ3n) is 4.84. The van der Waals surface area contributed by atoms with Crippen molar-refractivity contribution < 1.29 is 37.0 Å². The third kappa shape index (κ3) is 8.89. The molecular formula is C22H23ClF4N2O4. The third-order valence-corrected chi connectivity index (χ3v) is 5.09. The number of carboxylic acid groups (broad SMARTS) is 1. The van der Waals surface area contributed by atoms with Gasteiger partial charge in [0.2, 0.25) is 0 Å². The zero-order valence-electron chi connectivity index (χ0n) is 17.7. The Morgan fingerprint density at radius 3 is 2.18 bits per heavy atom. The molecule has 1 atom stereocenters. The quantitative estimate of drug-likeness (QED) is 0.635. The average Bonchev–Trinajstić information content (AvgIpc) is 2.76. The first-order chi connectivity index (χ1) is 15.5. The second-order valence-electron chi connectivity index (χ2n) is 7.33. The topological polar surface area (TPSA) is 70.1 Å². The smallest absolute Gasteiger partial charge is 0.484 e. The molecule has 1 amide bonds. The summed E-state index contributed by atoms with van der Waals surface area (Å²) in [7, 11) is 0. The second kappa shape index (κ2) is 11.9. The molecule has 0 aromatic heterocycles. The highest BCUT2D eigenvalue weighted by Gasteiger charge is 2.38. The van der Waals surface area contributed by atoms with Gasteiger partial charge in [-0.05, 0) is 48.9 Å². The lowest BCUT2D eigenvalue weighted by molar-refractivity contribution is -0.192. The van der Waals surface area contributed by atoms with Crippen molar-refractivity contribution in [1.29, 1.82) is 0 Å². The lowest BCUT2D eigenvalue weighted by atomic mass is 10.1. The van der Waals surface area contributed by atoms with Crippen molar-refractivity contribution in [1.82, 2.24) is 9.80 Å². The molecule has 180 valence electrons. The van der Waals surface area contributed by atoms with Crippen LogP contribution in [-0.4, -0.2) is 65.2 Å². The highest BCUT2D eigenvalue weighted by atomic mass is 35.5. The maximum Gasteiger partial charge on any atom is 0.490 e. The summed E-state index contributed by atoms with van der Waals surface area (Å²) in [5.74, 6) is -2.37. The van der Waals surface area contributed by atoms with E-state index in [1.807, 2.05) is 4.90 Å². The van der Waals surface area contributed by atoms with E-state index in [0.29, 0.717) is 23.9 Å². The van der Waals surface area contributed by atoms with Gasteiger partial charge in [-0.15, -0.1) is 0 Å². The SMILES string of the molecule is CC1CN(C(=O)COc2ccc(Cl)cc2)CCN1Cc1ccc(F)cc1.O=C(O)C(F)(F)F. The van der Waals surface area contributed by atoms with E-state index in [-0.39, 0.29) is 24.4 Å². The van der Waals surface area contributed by atoms with Gasteiger partial charge in [0, 0.05) is 37.2 Å². The molecule has 1 fully saturated rings. The number of alkyl halides is 3. The first-order valence-electron chi connectivity index (χ1n) is 9.90. The van der Waals surface area contributed by atoms with Crippen LogP contribution >= 0.6 is 11.6 Å². The van der Waals surface area contributed by atoms with Gasteiger partial charge < -0.3 is 14.7 Å². The van der Waals surface area contributed by atoms with Gasteiger partial charge in [0.1, 0.15) is 11.6 Å². The van der Waals surface area contributed by atoms with E-state index >= 15 is 0 Å². The van der Waals surface area contributed by atoms with Crippen molar-refractivity contribution in [3.63, 3.8) is 0 Å². The molecule has 1 heterocycles. The summed E-state index contributed by atoms with van der Waals surface area (Å²) in [5.41, 5.74) is 1.07. The second-order valence-corrected chi connectivity index (χ2v) is 7.77. The lowest BCUT2D eigenvalue weighted by Gasteiger charge is -2.39. The molecule has 6 nitrogen and oxygen atoms in total. The molecule has 0 radical (unpaired) electrons. The molecule has 0 saturated carbocycles. The Morgan fingerprint density at radius 1 is 1.09 bits per heavy atom. The van der Waals surface area contributed by atoms with Crippen LogP contribution < -0.4 is 4.74 Å². The van der Waals surface area contributed by atoms with E-state index in [9.17, 15) is 22.4 Å². The number of aliphatic carboxylic acids is 1. The van der Waals surface area contributed by atoms with Crippen LogP contribution in [0.3, 0.4) is 0 Å². The largest absolute Gasteiger partial charge is 0.490 e. The molecule has 2 aromatic carbocycles. The Morgan fingerprint density at radius 2 is 1.67 bits per heavy atom. The normalized spacial score (nSPS) is 16.5. The van der Waals surface area contributed by atoms with Gasteiger partial charge in [-0.3, -0.25) is 9.69 Å². The molecule has 1 unspecified atom stereocenters. The summed E-state index contributed by atoms with van der Waals surface area (Å²) in [5, 5.41) is 7.76. The Kier molecular flexibility index (Phi) is 9.48. The number of hydrogen-bond acceptors (Lipinski definition) is 4. The Hall–Kier alpha value is -2.85. The Bertz CT molecular complexity index is 923. The van der Waals surface area contributed by atoms with Crippen LogP contribution in [0.5, 0.6) is 5.75 Å². The molecule has 1 saturated heterocycles. The van der Waals surface area contributed by atoms with Gasteiger partial charge in [-0.2, -0.15) is 13.2 Å². The van der Waals surface area contributed by atoms with Crippen molar-refractivity contribution in [2.45, 2.75) is 25.7 Å². The fraction of sp³-hybridized carbons (Fsp3) is 0.364. The molecular weight excluding hydrogens is 468 g/mol. The molecule has 1 aliphatic heterocycles. The number of rotatable bonds is 5. The van der Waals surface area contributed by atoms with Crippen molar-refractivity contribution in [3.05, 3.63) is 64.9 Å². The number of ether oxygens (including phenoxy) is 1. The summed E-state index contributed by atoms with van der Waals surface area (Å²) in [4.78, 5) is 25.4. The number of hydrogen-bond donors (Lipinski definition) is 1. The molecule has 0 bridgehead atoms. The Labute approximate surface area is 193 Å². The van der Waals surface area contributed by atoms with E-state index < -0.39 is 12.1 Å². The molecule has 0 spiro atoms. The van der Waals surface area contributed by atoms with E-state index in [1.165, 1.54) is 12.1 Å². The van der Waals surface area contributed by atoms with Crippen molar-refractivity contribution in [3.8, 4) is 5.75 Å². The van der Waals surface area contributed by atoms with E-state index in [1.54, 1.807) is 36.4 Å². The van der Waals surface area contributed by atoms with Gasteiger partial charge in [0.15, 0.2) is 6.61 Å². The van der Waals surface area contributed by atoms with Gasteiger partial charge in [-0.25, -0.2) is 9.18 Å². The van der Waals surface area contributed by atoms with Crippen LogP contribution in [-0.2, 0) is 16.1 Å². The number of halogens is 5. The predicted octanol–water partition coefficient (Wildman–Crippen LogP) is 4.22. The molecule has 11 heteroatoms. The van der Waals surface area contributed by atoms with Crippen molar-refractivity contribution >= 4 is 23.5 Å². The van der Waals surface area contributed by atoms with E-state index in [0.717, 1.165) is 18.7 Å². The maximum atomic E-state index is 13.0. The fourth-order valence-electron chi connectivity index (χ4n) is 3.05. The summed E-state index contributed by atoms with van der Waals surface area (Å²) >= 11 is 5.84. The molecule has 1 aliphatic rings. The highest BCUT2D eigenvalue weighted by Crippen LogP contribution is 2.17. The standard InChI is InChI=1S/C20H22ClFN2O2.C2HF3O2/c1-15-12-24(20(25)14-26-19-8-4-17(21)5-9-19)11-10-23(15)13-16-2-6-18(22)7-3-16;3-2(4,5)1(6)7/h2-9,15H,10-14H2,1H3;(H,6,7). The van der Waals surface area contributed by atoms with Gasteiger partial charge in [0.05, 0.1) is 0 Å². The molecule has 2 aromatic rings. The van der Waals surface area contributed by atoms with Crippen LogP contribution in [0.25, 0.3) is 0 Å². The molecule has 0 aliphatic carbocycles. The summed E-state index contributed by atoms with van der Waals surface area (Å²) < 4.78 is 50.3. The summed E-state index contributed by atoms with van der Waals surface area (Å²) in [6.07, 6.45) is -5.08. The number of benzene rings is 2. The predicted molar refractivity (Wildman–Crippen MR) is 113 cm³/mol.